The molecule has 0 atom stereocenters. The highest BCUT2D eigenvalue weighted by Crippen LogP contribution is 2.35. The number of carbonyl (C=O) groups is 1. The van der Waals surface area contributed by atoms with Crippen LogP contribution in [0, 0.1) is 12.7 Å². The quantitative estimate of drug-likeness (QED) is 0.409. The van der Waals surface area contributed by atoms with Crippen LogP contribution in [0.2, 0.25) is 0 Å². The van der Waals surface area contributed by atoms with Crippen molar-refractivity contribution in [2.24, 2.45) is 0 Å². The lowest BCUT2D eigenvalue weighted by Gasteiger charge is -2.26. The van der Waals surface area contributed by atoms with E-state index in [-0.39, 0.29) is 35.0 Å². The third kappa shape index (κ3) is 4.02. The van der Waals surface area contributed by atoms with E-state index in [1.807, 2.05) is 0 Å². The second-order valence-electron chi connectivity index (χ2n) is 8.78. The zero-order valence-electron chi connectivity index (χ0n) is 21.4. The smallest absolute Gasteiger partial charge is 0.406 e. The van der Waals surface area contributed by atoms with Crippen LogP contribution in [0.4, 0.5) is 23.5 Å². The first-order valence-corrected chi connectivity index (χ1v) is 11.3. The maximum Gasteiger partial charge on any atom is 0.406 e. The Labute approximate surface area is 210 Å². The minimum atomic E-state index is -4.66. The summed E-state index contributed by atoms with van der Waals surface area (Å²) in [5.41, 5.74) is 1.65. The molecule has 0 radical (unpaired) electrons. The molecule has 3 aromatic heterocycles. The third-order valence-corrected chi connectivity index (χ3v) is 6.30. The fraction of sp³-hybridized carbons (Fsp3) is 0.280. The van der Waals surface area contributed by atoms with E-state index in [9.17, 15) is 22.4 Å². The number of nitrogens with one attached hydrogen (secondary N) is 1. The Bertz CT molecular complexity index is 1660. The number of aromatic nitrogens is 4. The number of nitrogens with zero attached hydrogens (tertiary/aromatic N) is 5. The van der Waals surface area contributed by atoms with E-state index in [1.54, 1.807) is 19.1 Å². The number of hydrogen-bond donors (Lipinski definition) is 1. The normalized spacial score (nSPS) is 15.9. The first kappa shape index (κ1) is 20.9. The second-order valence-corrected chi connectivity index (χ2v) is 8.78. The van der Waals surface area contributed by atoms with Gasteiger partial charge in [0.1, 0.15) is 24.4 Å². The molecule has 190 valence electrons. The lowest BCUT2D eigenvalue weighted by atomic mass is 10.0. The second kappa shape index (κ2) is 8.43. The van der Waals surface area contributed by atoms with Gasteiger partial charge in [-0.15, -0.1) is 0 Å². The molecule has 0 aliphatic carbocycles. The number of alkyl halides is 3. The fourth-order valence-corrected chi connectivity index (χ4v) is 4.68. The topological polar surface area (TPSA) is 84.7 Å². The van der Waals surface area contributed by atoms with Crippen molar-refractivity contribution in [3.8, 4) is 16.9 Å². The summed E-state index contributed by atoms with van der Waals surface area (Å²) >= 11 is 0. The Hall–Kier alpha value is -4.22. The molecule has 37 heavy (non-hydrogen) atoms. The first-order valence-electron chi connectivity index (χ1n) is 12.3. The van der Waals surface area contributed by atoms with Crippen molar-refractivity contribution in [1.29, 1.82) is 0 Å². The summed E-state index contributed by atoms with van der Waals surface area (Å²) in [6.07, 6.45) is -1.81. The summed E-state index contributed by atoms with van der Waals surface area (Å²) in [5.74, 6) is -1.49. The molecular weight excluding hydrogens is 492 g/mol. The molecule has 5 heterocycles. The molecule has 6 rings (SSSR count). The number of ether oxygens (including phenoxy) is 1. The Morgan fingerprint density at radius 1 is 1.19 bits per heavy atom. The molecule has 2 aliphatic rings. The number of carbonyl (C=O) groups excluding carboxylic acids is 1. The molecular formula is C25H20F4N6O2. The van der Waals surface area contributed by atoms with Crippen molar-refractivity contribution in [3.05, 3.63) is 70.8 Å². The average molecular weight is 514 g/mol. The molecule has 12 heteroatoms. The average Bonchev–Trinajstić information content (AvgIpc) is 3.50. The van der Waals surface area contributed by atoms with Crippen molar-refractivity contribution in [2.45, 2.75) is 32.6 Å². The lowest BCUT2D eigenvalue weighted by molar-refractivity contribution is -0.141. The molecule has 4 aromatic rings. The number of benzene rings is 1. The van der Waals surface area contributed by atoms with Crippen molar-refractivity contribution < 1.29 is 29.8 Å². The van der Waals surface area contributed by atoms with E-state index < -0.39 is 37.5 Å². The SMILES string of the molecule is [2H]C([2H])(Nc1ncc2c3c(ncn13)C(=O)N(CC(F)(F)F)Cc1nc(C)ccc1-2)c1c(F)ccc2c1CCO2. The Balaban J connectivity index is 1.51. The van der Waals surface area contributed by atoms with Gasteiger partial charge in [0.05, 0.1) is 27.1 Å². The zero-order chi connectivity index (χ0) is 27.7. The number of fused-ring (bicyclic) bond motifs is 3. The molecule has 0 fully saturated rings. The fourth-order valence-electron chi connectivity index (χ4n) is 4.68. The molecule has 2 aliphatic heterocycles. The molecule has 0 bridgehead atoms. The summed E-state index contributed by atoms with van der Waals surface area (Å²) < 4.78 is 79.2. The summed E-state index contributed by atoms with van der Waals surface area (Å²) in [6, 6.07) is 5.93. The maximum absolute atomic E-state index is 14.9. The van der Waals surface area contributed by atoms with Crippen molar-refractivity contribution in [1.82, 2.24) is 24.3 Å². The number of halogens is 4. The largest absolute Gasteiger partial charge is 0.493 e. The van der Waals surface area contributed by atoms with Gasteiger partial charge in [-0.2, -0.15) is 13.2 Å². The van der Waals surface area contributed by atoms with Crippen molar-refractivity contribution >= 4 is 17.4 Å². The van der Waals surface area contributed by atoms with Gasteiger partial charge in [-0.05, 0) is 25.1 Å². The van der Waals surface area contributed by atoms with Crippen LogP contribution >= 0.6 is 0 Å². The van der Waals surface area contributed by atoms with Crippen LogP contribution in [0.5, 0.6) is 5.75 Å². The molecule has 0 spiro atoms. The molecule has 1 N–H and O–H groups in total. The first-order chi connectivity index (χ1) is 18.4. The van der Waals surface area contributed by atoms with Gasteiger partial charge in [0, 0.05) is 47.1 Å². The molecule has 0 unspecified atom stereocenters. The van der Waals surface area contributed by atoms with Crippen LogP contribution in [-0.4, -0.2) is 49.5 Å². The highest BCUT2D eigenvalue weighted by atomic mass is 19.4. The Morgan fingerprint density at radius 3 is 2.84 bits per heavy atom. The van der Waals surface area contributed by atoms with Crippen LogP contribution in [0.25, 0.3) is 16.6 Å². The number of aryl methyl sites for hydroxylation is 1. The number of pyridine rings is 1. The summed E-state index contributed by atoms with van der Waals surface area (Å²) in [5, 5.41) is 2.60. The Morgan fingerprint density at radius 2 is 2.03 bits per heavy atom. The van der Waals surface area contributed by atoms with E-state index >= 15 is 0 Å². The van der Waals surface area contributed by atoms with E-state index in [4.69, 9.17) is 7.48 Å². The van der Waals surface area contributed by atoms with Crippen LogP contribution in [0.15, 0.2) is 36.8 Å². The lowest BCUT2D eigenvalue weighted by Crippen LogP contribution is -2.39. The highest BCUT2D eigenvalue weighted by Gasteiger charge is 2.37. The number of hydrogen-bond acceptors (Lipinski definition) is 6. The number of amides is 1. The minimum absolute atomic E-state index is 0.120. The van der Waals surface area contributed by atoms with Crippen LogP contribution in [0.3, 0.4) is 0 Å². The number of imidazole rings is 1. The monoisotopic (exact) mass is 514 g/mol. The predicted octanol–water partition coefficient (Wildman–Crippen LogP) is 4.30. The summed E-state index contributed by atoms with van der Waals surface area (Å²) in [6.45, 7) is -2.40. The van der Waals surface area contributed by atoms with E-state index in [0.717, 1.165) is 6.07 Å². The highest BCUT2D eigenvalue weighted by molar-refractivity contribution is 6.04. The van der Waals surface area contributed by atoms with Gasteiger partial charge in [-0.25, -0.2) is 14.4 Å². The number of rotatable bonds is 4. The number of anilines is 1. The van der Waals surface area contributed by atoms with E-state index in [2.05, 4.69) is 20.3 Å². The van der Waals surface area contributed by atoms with Gasteiger partial charge in [-0.1, -0.05) is 6.07 Å². The molecule has 1 amide bonds. The van der Waals surface area contributed by atoms with E-state index in [1.165, 1.54) is 23.0 Å². The Kier molecular flexibility index (Phi) is 4.76. The van der Waals surface area contributed by atoms with Crippen LogP contribution in [0.1, 0.15) is 35.7 Å². The standard InChI is InChI=1S/C25H20F4N6O2/c1-13-2-3-14-17-9-31-24(30-8-16-15-6-7-37-20(15)5-4-18(16)26)35-12-32-21(22(17)35)23(36)34(10-19(14)33-13)11-25(27,28)29/h2-5,9,12H,6-8,10-11H2,1H3,(H,30,31)/i8D2. The van der Waals surface area contributed by atoms with Crippen molar-refractivity contribution in [3.63, 3.8) is 0 Å². The maximum atomic E-state index is 14.9. The summed E-state index contributed by atoms with van der Waals surface area (Å²) in [4.78, 5) is 26.8. The van der Waals surface area contributed by atoms with Gasteiger partial charge >= 0.3 is 6.18 Å². The van der Waals surface area contributed by atoms with Gasteiger partial charge < -0.3 is 15.0 Å². The van der Waals surface area contributed by atoms with Crippen LogP contribution in [-0.2, 0) is 19.5 Å². The molecule has 8 nitrogen and oxygen atoms in total. The van der Waals surface area contributed by atoms with Gasteiger partial charge in [0.2, 0.25) is 5.95 Å². The molecule has 1 aromatic carbocycles. The molecule has 0 saturated heterocycles. The van der Waals surface area contributed by atoms with Gasteiger partial charge in [0.25, 0.3) is 5.91 Å². The predicted molar refractivity (Wildman–Crippen MR) is 125 cm³/mol. The molecule has 0 saturated carbocycles. The van der Waals surface area contributed by atoms with Gasteiger partial charge in [-0.3, -0.25) is 14.2 Å². The van der Waals surface area contributed by atoms with E-state index in [0.29, 0.717) is 39.5 Å². The summed E-state index contributed by atoms with van der Waals surface area (Å²) in [7, 11) is 0. The van der Waals surface area contributed by atoms with Crippen molar-refractivity contribution in [2.75, 3.05) is 18.5 Å². The minimum Gasteiger partial charge on any atom is -0.493 e. The van der Waals surface area contributed by atoms with Gasteiger partial charge in [0.15, 0.2) is 5.69 Å². The zero-order valence-corrected chi connectivity index (χ0v) is 19.4. The van der Waals surface area contributed by atoms with Crippen LogP contribution < -0.4 is 10.1 Å². The third-order valence-electron chi connectivity index (χ3n) is 6.30.